The van der Waals surface area contributed by atoms with Gasteiger partial charge in [0.1, 0.15) is 12.1 Å². The number of ether oxygens (including phenoxy) is 3. The number of alkyl halides is 3. The highest BCUT2D eigenvalue weighted by Crippen LogP contribution is 2.45. The number of nitrogens with one attached hydrogen (secondary N) is 2. The van der Waals surface area contributed by atoms with Crippen molar-refractivity contribution in [3.05, 3.63) is 5.21 Å². The van der Waals surface area contributed by atoms with E-state index in [0.29, 0.717) is 12.3 Å². The summed E-state index contributed by atoms with van der Waals surface area (Å²) in [5, 5.41) is 24.5. The number of aliphatic hydroxyl groups is 1. The maximum Gasteiger partial charge on any atom is 0.403 e. The van der Waals surface area contributed by atoms with Crippen molar-refractivity contribution in [2.45, 2.75) is 87.4 Å². The molecule has 1 aliphatic carbocycles. The summed E-state index contributed by atoms with van der Waals surface area (Å²) in [6, 6.07) is -2.97. The Labute approximate surface area is 162 Å². The van der Waals surface area contributed by atoms with E-state index in [1.165, 1.54) is 0 Å². The molecule has 0 aromatic rings. The molecule has 3 aliphatic heterocycles. The Morgan fingerprint density at radius 1 is 1.14 bits per heavy atom. The number of epoxide rings is 1. The van der Waals surface area contributed by atoms with E-state index in [2.05, 4.69) is 5.32 Å². The predicted octanol–water partition coefficient (Wildman–Crippen LogP) is 0.112. The molecule has 9 atom stereocenters. The van der Waals surface area contributed by atoms with Gasteiger partial charge in [-0.15, -0.1) is 0 Å². The first-order valence-corrected chi connectivity index (χ1v) is 10.2. The molecule has 0 spiro atoms. The molecule has 0 aromatic heterocycles. The lowest BCUT2D eigenvalue weighted by atomic mass is 9.92. The van der Waals surface area contributed by atoms with Gasteiger partial charge in [0.15, 0.2) is 6.10 Å². The fourth-order valence-electron chi connectivity index (χ4n) is 5.02. The summed E-state index contributed by atoms with van der Waals surface area (Å²) in [5.74, 6) is 0.435. The minimum atomic E-state index is -4.36. The zero-order chi connectivity index (χ0) is 19.9. The van der Waals surface area contributed by atoms with Crippen LogP contribution in [0.15, 0.2) is 0 Å². The Kier molecular flexibility index (Phi) is 6.18. The molecule has 9 unspecified atom stereocenters. The summed E-state index contributed by atoms with van der Waals surface area (Å²) >= 11 is 0. The Morgan fingerprint density at radius 2 is 1.96 bits per heavy atom. The van der Waals surface area contributed by atoms with E-state index in [1.54, 1.807) is 0 Å². The lowest BCUT2D eigenvalue weighted by Gasteiger charge is -2.45. The number of hydrogen-bond acceptors (Lipinski definition) is 6. The number of hydrogen-bond donors (Lipinski definition) is 3. The van der Waals surface area contributed by atoms with Gasteiger partial charge in [0.25, 0.3) is 0 Å². The standard InChI is InChI=1S/C18H29F3N2O5/c19-18(20,21)14-5-4-13(12(22-14)9-26-7-1-6-24)23(25)17-16-15(28-16)10-2-3-11(8-10)27-17/h10-17,22-24H,1-9H2. The van der Waals surface area contributed by atoms with Crippen LogP contribution in [-0.4, -0.2) is 73.8 Å². The first kappa shape index (κ1) is 20.8. The number of halogens is 3. The van der Waals surface area contributed by atoms with E-state index in [4.69, 9.17) is 19.3 Å². The summed E-state index contributed by atoms with van der Waals surface area (Å²) in [6.45, 7) is 0.186. The van der Waals surface area contributed by atoms with Gasteiger partial charge in [-0.25, -0.2) is 0 Å². The second kappa shape index (κ2) is 8.33. The highest BCUT2D eigenvalue weighted by Gasteiger charge is 2.59. The molecule has 3 N–H and O–H groups in total. The fourth-order valence-corrected chi connectivity index (χ4v) is 5.02. The number of aliphatic hydroxyl groups excluding tert-OH is 1. The molecule has 4 aliphatic rings. The summed E-state index contributed by atoms with van der Waals surface area (Å²) in [6.07, 6.45) is -1.92. The van der Waals surface area contributed by atoms with Crippen LogP contribution in [-0.2, 0) is 14.2 Å². The molecular formula is C18H29F3N2O5. The number of hydroxylamine groups is 2. The molecule has 0 radical (unpaired) electrons. The molecule has 10 heteroatoms. The van der Waals surface area contributed by atoms with Crippen LogP contribution >= 0.6 is 0 Å². The summed E-state index contributed by atoms with van der Waals surface area (Å²) in [5.41, 5.74) is 0. The molecule has 0 amide bonds. The topological polar surface area (TPSA) is 90.8 Å². The van der Waals surface area contributed by atoms with Crippen molar-refractivity contribution >= 4 is 0 Å². The number of piperidine rings is 1. The van der Waals surface area contributed by atoms with Gasteiger partial charge in [-0.2, -0.15) is 13.2 Å². The molecule has 4 rings (SSSR count). The van der Waals surface area contributed by atoms with Crippen LogP contribution in [0.2, 0.25) is 0 Å². The van der Waals surface area contributed by atoms with E-state index < -0.39 is 30.5 Å². The van der Waals surface area contributed by atoms with Gasteiger partial charge in [0, 0.05) is 19.6 Å². The van der Waals surface area contributed by atoms with Crippen LogP contribution in [0.4, 0.5) is 13.2 Å². The van der Waals surface area contributed by atoms with Crippen LogP contribution in [0, 0.1) is 11.1 Å². The predicted molar refractivity (Wildman–Crippen MR) is 91.3 cm³/mol. The summed E-state index contributed by atoms with van der Waals surface area (Å²) in [7, 11) is 0. The van der Waals surface area contributed by atoms with E-state index in [0.717, 1.165) is 19.3 Å². The zero-order valence-corrected chi connectivity index (χ0v) is 15.7. The molecule has 28 heavy (non-hydrogen) atoms. The van der Waals surface area contributed by atoms with Gasteiger partial charge in [0.05, 0.1) is 24.9 Å². The average molecular weight is 410 g/mol. The normalized spacial score (nSPS) is 44.0. The first-order chi connectivity index (χ1) is 13.4. The van der Waals surface area contributed by atoms with E-state index in [9.17, 15) is 18.4 Å². The van der Waals surface area contributed by atoms with Gasteiger partial charge in [0.2, 0.25) is 6.23 Å². The summed E-state index contributed by atoms with van der Waals surface area (Å²) in [4.78, 5) is 0. The van der Waals surface area contributed by atoms with Gasteiger partial charge in [-0.1, -0.05) is 0 Å². The molecule has 4 fully saturated rings. The van der Waals surface area contributed by atoms with E-state index in [-0.39, 0.29) is 56.0 Å². The van der Waals surface area contributed by atoms with Crippen molar-refractivity contribution in [3.63, 3.8) is 0 Å². The van der Waals surface area contributed by atoms with Crippen molar-refractivity contribution in [2.24, 2.45) is 5.92 Å². The van der Waals surface area contributed by atoms with Crippen LogP contribution in [0.25, 0.3) is 0 Å². The Bertz CT molecular complexity index is 540. The maximum absolute atomic E-state index is 13.3. The highest BCUT2D eigenvalue weighted by atomic mass is 19.4. The third-order valence-electron chi connectivity index (χ3n) is 6.54. The lowest BCUT2D eigenvalue weighted by Crippen LogP contribution is -3.18. The van der Waals surface area contributed by atoms with Crippen LogP contribution in [0.5, 0.6) is 0 Å². The minimum absolute atomic E-state index is 0.00326. The van der Waals surface area contributed by atoms with Crippen molar-refractivity contribution in [2.75, 3.05) is 19.8 Å². The monoisotopic (exact) mass is 410 g/mol. The van der Waals surface area contributed by atoms with Gasteiger partial charge in [-0.3, -0.25) is 5.32 Å². The number of quaternary nitrogens is 1. The summed E-state index contributed by atoms with van der Waals surface area (Å²) < 4.78 is 56.8. The molecule has 162 valence electrons. The average Bonchev–Trinajstić information content (AvgIpc) is 3.32. The second-order valence-corrected chi connectivity index (χ2v) is 8.42. The first-order valence-electron chi connectivity index (χ1n) is 10.2. The fraction of sp³-hybridized carbons (Fsp3) is 1.00. The third kappa shape index (κ3) is 4.33. The minimum Gasteiger partial charge on any atom is -0.632 e. The molecule has 3 heterocycles. The van der Waals surface area contributed by atoms with Crippen LogP contribution in [0.3, 0.4) is 0 Å². The smallest absolute Gasteiger partial charge is 0.403 e. The molecule has 0 aromatic carbocycles. The molecule has 2 bridgehead atoms. The number of fused-ring (bicyclic) bond motifs is 4. The largest absolute Gasteiger partial charge is 0.632 e. The lowest BCUT2D eigenvalue weighted by molar-refractivity contribution is -0.930. The zero-order valence-electron chi connectivity index (χ0n) is 15.7. The van der Waals surface area contributed by atoms with Gasteiger partial charge < -0.3 is 29.6 Å². The van der Waals surface area contributed by atoms with Gasteiger partial charge >= 0.3 is 6.18 Å². The van der Waals surface area contributed by atoms with Crippen LogP contribution < -0.4 is 10.4 Å². The highest BCUT2D eigenvalue weighted by molar-refractivity contribution is 5.00. The number of rotatable bonds is 7. The Morgan fingerprint density at radius 3 is 2.71 bits per heavy atom. The van der Waals surface area contributed by atoms with Crippen LogP contribution in [0.1, 0.15) is 38.5 Å². The molecule has 7 nitrogen and oxygen atoms in total. The van der Waals surface area contributed by atoms with Crippen molar-refractivity contribution in [3.8, 4) is 0 Å². The van der Waals surface area contributed by atoms with Crippen molar-refractivity contribution < 1.29 is 37.6 Å². The SMILES string of the molecule is [O-][NH+](C1CCC(C(F)(F)F)NC1COCCCO)C1OC2CCC(C2)C2OC21. The van der Waals surface area contributed by atoms with Gasteiger partial charge in [-0.05, 0) is 38.0 Å². The van der Waals surface area contributed by atoms with E-state index in [1.807, 2.05) is 0 Å². The molecule has 1 saturated carbocycles. The van der Waals surface area contributed by atoms with E-state index >= 15 is 0 Å². The molecular weight excluding hydrogens is 381 g/mol. The Balaban J connectivity index is 1.42. The third-order valence-corrected chi connectivity index (χ3v) is 6.54. The quantitative estimate of drug-likeness (QED) is 0.314. The molecule has 3 saturated heterocycles. The second-order valence-electron chi connectivity index (χ2n) is 8.42. The maximum atomic E-state index is 13.3. The van der Waals surface area contributed by atoms with Crippen molar-refractivity contribution in [1.29, 1.82) is 0 Å². The van der Waals surface area contributed by atoms with Crippen molar-refractivity contribution in [1.82, 2.24) is 5.32 Å². The Hall–Kier alpha value is -0.490.